The summed E-state index contributed by atoms with van der Waals surface area (Å²) in [6.07, 6.45) is 2.16. The molecule has 0 spiro atoms. The zero-order chi connectivity index (χ0) is 48.2. The number of nitrogens with zero attached hydrogens (tertiary/aromatic N) is 4. The molecule has 66 heavy (non-hydrogen) atoms. The van der Waals surface area contributed by atoms with Gasteiger partial charge < -0.3 is 29.1 Å². The van der Waals surface area contributed by atoms with Crippen LogP contribution in [0.25, 0.3) is 0 Å². The molecular formula is C49H60F2N4O9S2. The lowest BCUT2D eigenvalue weighted by Crippen LogP contribution is -2.49. The summed E-state index contributed by atoms with van der Waals surface area (Å²) in [4.78, 5) is 48.1. The molecule has 0 radical (unpaired) electrons. The van der Waals surface area contributed by atoms with Gasteiger partial charge >= 0.3 is 0 Å². The topological polar surface area (TPSA) is 151 Å². The van der Waals surface area contributed by atoms with Crippen molar-refractivity contribution in [1.29, 1.82) is 0 Å². The van der Waals surface area contributed by atoms with Gasteiger partial charge in [-0.05, 0) is 83.6 Å². The summed E-state index contributed by atoms with van der Waals surface area (Å²) < 4.78 is 92.6. The Hall–Kier alpha value is -5.55. The van der Waals surface area contributed by atoms with E-state index in [0.29, 0.717) is 73.4 Å². The van der Waals surface area contributed by atoms with Crippen LogP contribution in [0.2, 0.25) is 0 Å². The highest BCUT2D eigenvalue weighted by molar-refractivity contribution is 7.91. The first-order valence-electron chi connectivity index (χ1n) is 22.2. The number of hydrogen-bond donors (Lipinski definition) is 0. The number of carbonyl (C=O) groups is 3. The highest BCUT2D eigenvalue weighted by Gasteiger charge is 2.31. The number of amides is 2. The number of benzene rings is 4. The molecule has 17 heteroatoms. The highest BCUT2D eigenvalue weighted by Crippen LogP contribution is 2.33. The van der Waals surface area contributed by atoms with Gasteiger partial charge in [0.2, 0.25) is 0 Å². The summed E-state index contributed by atoms with van der Waals surface area (Å²) in [5.74, 6) is -2.49. The second-order valence-corrected chi connectivity index (χ2v) is 22.1. The number of ether oxygens (including phenoxy) is 2. The van der Waals surface area contributed by atoms with E-state index in [-0.39, 0.29) is 76.5 Å². The van der Waals surface area contributed by atoms with Crippen LogP contribution in [0.4, 0.5) is 20.2 Å². The Morgan fingerprint density at radius 1 is 0.530 bits per heavy atom. The molecule has 4 aromatic carbocycles. The third-order valence-electron chi connectivity index (χ3n) is 12.0. The largest absolute Gasteiger partial charge is 0.492 e. The van der Waals surface area contributed by atoms with Gasteiger partial charge in [0.15, 0.2) is 19.7 Å². The number of sulfone groups is 2. The summed E-state index contributed by atoms with van der Waals surface area (Å²) in [5.41, 5.74) is 1.88. The average Bonchev–Trinajstić information content (AvgIpc) is 3.28. The number of piperazine rings is 2. The fourth-order valence-corrected chi connectivity index (χ4v) is 9.32. The quantitative estimate of drug-likeness (QED) is 0.112. The third-order valence-corrected chi connectivity index (χ3v) is 14.2. The molecule has 2 fully saturated rings. The molecule has 2 amide bonds. The normalized spacial score (nSPS) is 15.8. The smallest absolute Gasteiger partial charge is 0.257 e. The third kappa shape index (κ3) is 11.7. The SMILES string of the molecule is CC(C)COc1ccc(S(C)(=O)=O)cc1C(=O)N1CCN(c2ccc(C(C)C(=O)C(C)c3ccc(N4CCN(C(=O)c5cc(S(C)(=O)=O)ccc5OCC(C)C)CC4)c(F)c3)cc2F)CC1. The summed E-state index contributed by atoms with van der Waals surface area (Å²) in [6.45, 7) is 14.2. The van der Waals surface area contributed by atoms with Gasteiger partial charge in [0.1, 0.15) is 28.9 Å². The van der Waals surface area contributed by atoms with Gasteiger partial charge in [-0.2, -0.15) is 0 Å². The first-order valence-corrected chi connectivity index (χ1v) is 26.0. The molecular weight excluding hydrogens is 891 g/mol. The standard InChI is InChI=1S/C49H60F2N4O9S2/c1-31(2)29-63-45-15-11-37(65(7,59)60)27-39(45)48(57)54-21-17-52(18-22-54)43-13-9-35(25-41(43)50)33(5)47(56)34(6)36-10-14-44(42(51)26-36)53-19-23-55(24-20-53)49(58)40-28-38(66(8,61)62)12-16-46(40)64-30-32(3)4/h9-16,25-28,31-34H,17-24,29-30H2,1-8H3. The molecule has 2 heterocycles. The van der Waals surface area contributed by atoms with Crippen LogP contribution in [0, 0.1) is 23.5 Å². The van der Waals surface area contributed by atoms with E-state index in [0.717, 1.165) is 12.5 Å². The summed E-state index contributed by atoms with van der Waals surface area (Å²) in [6, 6.07) is 17.9. The fraction of sp³-hybridized carbons (Fsp3) is 0.449. The van der Waals surface area contributed by atoms with E-state index < -0.39 is 43.1 Å². The average molecular weight is 951 g/mol. The second kappa shape index (κ2) is 20.5. The zero-order valence-corrected chi connectivity index (χ0v) is 40.5. The summed E-state index contributed by atoms with van der Waals surface area (Å²) >= 11 is 0. The van der Waals surface area contributed by atoms with Crippen molar-refractivity contribution in [3.63, 3.8) is 0 Å². The Labute approximate surface area is 387 Å². The molecule has 2 atom stereocenters. The van der Waals surface area contributed by atoms with Crippen molar-refractivity contribution in [2.45, 2.75) is 63.2 Å². The minimum atomic E-state index is -3.58. The van der Waals surface area contributed by atoms with Gasteiger partial charge in [0, 0.05) is 76.7 Å². The summed E-state index contributed by atoms with van der Waals surface area (Å²) in [5, 5.41) is 0. The molecule has 2 aliphatic heterocycles. The van der Waals surface area contributed by atoms with E-state index in [9.17, 15) is 31.2 Å². The Morgan fingerprint density at radius 2 is 0.879 bits per heavy atom. The maximum absolute atomic E-state index is 15.8. The predicted octanol–water partition coefficient (Wildman–Crippen LogP) is 7.24. The van der Waals surface area contributed by atoms with E-state index in [4.69, 9.17) is 9.47 Å². The van der Waals surface area contributed by atoms with Gasteiger partial charge in [0.05, 0.1) is 45.5 Å². The number of ketones is 1. The van der Waals surface area contributed by atoms with Gasteiger partial charge in [-0.3, -0.25) is 14.4 Å². The van der Waals surface area contributed by atoms with Crippen LogP contribution in [0.15, 0.2) is 82.6 Å². The molecule has 2 unspecified atom stereocenters. The van der Waals surface area contributed by atoms with Crippen molar-refractivity contribution in [3.8, 4) is 11.5 Å². The van der Waals surface area contributed by atoms with E-state index >= 15 is 8.78 Å². The molecule has 0 aliphatic carbocycles. The van der Waals surface area contributed by atoms with E-state index in [2.05, 4.69) is 0 Å². The van der Waals surface area contributed by atoms with E-state index in [1.165, 1.54) is 48.5 Å². The van der Waals surface area contributed by atoms with Crippen LogP contribution in [0.1, 0.15) is 85.2 Å². The first-order chi connectivity index (χ1) is 31.0. The molecule has 0 bridgehead atoms. The Bertz CT molecular complexity index is 2500. The highest BCUT2D eigenvalue weighted by atomic mass is 32.2. The van der Waals surface area contributed by atoms with Crippen molar-refractivity contribution in [2.24, 2.45) is 11.8 Å². The van der Waals surface area contributed by atoms with Crippen LogP contribution in [0.3, 0.4) is 0 Å². The molecule has 356 valence electrons. The van der Waals surface area contributed by atoms with Crippen molar-refractivity contribution in [1.82, 2.24) is 9.80 Å². The maximum atomic E-state index is 15.8. The number of hydrogen-bond acceptors (Lipinski definition) is 11. The minimum absolute atomic E-state index is 0.0101. The lowest BCUT2D eigenvalue weighted by atomic mass is 9.85. The van der Waals surface area contributed by atoms with Crippen LogP contribution >= 0.6 is 0 Å². The lowest BCUT2D eigenvalue weighted by Gasteiger charge is -2.36. The lowest BCUT2D eigenvalue weighted by molar-refractivity contribution is -0.121. The van der Waals surface area contributed by atoms with Crippen molar-refractivity contribution < 1.29 is 49.5 Å². The molecule has 0 N–H and O–H groups in total. The van der Waals surface area contributed by atoms with Gasteiger partial charge in [-0.25, -0.2) is 25.6 Å². The first kappa shape index (κ1) is 49.9. The number of anilines is 2. The minimum Gasteiger partial charge on any atom is -0.492 e. The molecule has 0 aromatic heterocycles. The molecule has 2 saturated heterocycles. The monoisotopic (exact) mass is 950 g/mol. The number of halogens is 2. The molecule has 6 rings (SSSR count). The number of rotatable bonds is 16. The van der Waals surface area contributed by atoms with Crippen LogP contribution < -0.4 is 19.3 Å². The molecule has 2 aliphatic rings. The van der Waals surface area contributed by atoms with Crippen molar-refractivity contribution in [3.05, 3.63) is 107 Å². The second-order valence-electron chi connectivity index (χ2n) is 18.1. The van der Waals surface area contributed by atoms with Crippen molar-refractivity contribution >= 4 is 48.6 Å². The molecule has 0 saturated carbocycles. The number of Topliss-reactive ketones (excluding diaryl/α,β-unsaturated/α-hetero) is 1. The Kier molecular flexibility index (Phi) is 15.5. The van der Waals surface area contributed by atoms with Gasteiger partial charge in [-0.15, -0.1) is 0 Å². The fourth-order valence-electron chi connectivity index (χ4n) is 8.02. The van der Waals surface area contributed by atoms with Gasteiger partial charge in [-0.1, -0.05) is 53.7 Å². The van der Waals surface area contributed by atoms with E-state index in [1.54, 1.807) is 47.9 Å². The summed E-state index contributed by atoms with van der Waals surface area (Å²) in [7, 11) is -7.17. The van der Waals surface area contributed by atoms with Gasteiger partial charge in [0.25, 0.3) is 11.8 Å². The number of carbonyl (C=O) groups excluding carboxylic acids is 3. The van der Waals surface area contributed by atoms with Crippen molar-refractivity contribution in [2.75, 3.05) is 87.9 Å². The maximum Gasteiger partial charge on any atom is 0.257 e. The Balaban J connectivity index is 1.06. The molecule has 4 aromatic rings. The van der Waals surface area contributed by atoms with E-state index in [1.807, 2.05) is 37.5 Å². The van der Waals surface area contributed by atoms with Crippen LogP contribution in [-0.4, -0.2) is 122 Å². The zero-order valence-electron chi connectivity index (χ0n) is 38.8. The van der Waals surface area contributed by atoms with Crippen LogP contribution in [0.5, 0.6) is 11.5 Å². The molecule has 13 nitrogen and oxygen atoms in total. The predicted molar refractivity (Wildman–Crippen MR) is 251 cm³/mol. The Morgan fingerprint density at radius 3 is 1.18 bits per heavy atom. The van der Waals surface area contributed by atoms with Crippen LogP contribution in [-0.2, 0) is 24.5 Å².